The fourth-order valence-electron chi connectivity index (χ4n) is 2.04. The Morgan fingerprint density at radius 3 is 2.18 bits per heavy atom. The van der Waals surface area contributed by atoms with Crippen LogP contribution in [-0.4, -0.2) is 45.0 Å². The average Bonchev–Trinajstić information content (AvgIpc) is 2.48. The van der Waals surface area contributed by atoms with Crippen molar-refractivity contribution in [2.45, 2.75) is 38.6 Å². The SMILES string of the molecule is CCOc1ccc(S(=O)(=O)N[C@H](C)C(=O)N(CC)CC)cc1. The minimum Gasteiger partial charge on any atom is -0.494 e. The highest BCUT2D eigenvalue weighted by atomic mass is 32.2. The molecule has 0 radical (unpaired) electrons. The van der Waals surface area contributed by atoms with Crippen molar-refractivity contribution in [3.05, 3.63) is 24.3 Å². The van der Waals surface area contributed by atoms with E-state index in [0.717, 1.165) is 0 Å². The number of amides is 1. The van der Waals surface area contributed by atoms with Gasteiger partial charge in [0.05, 0.1) is 17.5 Å². The van der Waals surface area contributed by atoms with Gasteiger partial charge in [0.25, 0.3) is 0 Å². The van der Waals surface area contributed by atoms with Crippen molar-refractivity contribution in [2.75, 3.05) is 19.7 Å². The molecule has 22 heavy (non-hydrogen) atoms. The summed E-state index contributed by atoms with van der Waals surface area (Å²) in [7, 11) is -3.74. The second-order valence-electron chi connectivity index (χ2n) is 4.76. The number of likely N-dealkylation sites (N-methyl/N-ethyl adjacent to an activating group) is 1. The van der Waals surface area contributed by atoms with Crippen LogP contribution in [-0.2, 0) is 14.8 Å². The lowest BCUT2D eigenvalue weighted by Gasteiger charge is -2.23. The van der Waals surface area contributed by atoms with Crippen LogP contribution in [0.2, 0.25) is 0 Å². The number of rotatable bonds is 8. The molecule has 1 amide bonds. The van der Waals surface area contributed by atoms with Gasteiger partial charge in [0.15, 0.2) is 0 Å². The lowest BCUT2D eigenvalue weighted by atomic mass is 10.3. The molecule has 124 valence electrons. The molecular weight excluding hydrogens is 304 g/mol. The molecule has 0 aliphatic rings. The van der Waals surface area contributed by atoms with Gasteiger partial charge in [-0.15, -0.1) is 0 Å². The molecule has 0 heterocycles. The zero-order chi connectivity index (χ0) is 16.8. The molecule has 1 N–H and O–H groups in total. The third kappa shape index (κ3) is 4.71. The fourth-order valence-corrected chi connectivity index (χ4v) is 3.24. The lowest BCUT2D eigenvalue weighted by Crippen LogP contribution is -2.46. The number of carbonyl (C=O) groups is 1. The van der Waals surface area contributed by atoms with Gasteiger partial charge in [0.2, 0.25) is 15.9 Å². The first-order valence-corrected chi connectivity index (χ1v) is 8.88. The summed E-state index contributed by atoms with van der Waals surface area (Å²) >= 11 is 0. The minimum atomic E-state index is -3.74. The molecule has 0 aliphatic heterocycles. The molecule has 0 spiro atoms. The Morgan fingerprint density at radius 2 is 1.73 bits per heavy atom. The maximum absolute atomic E-state index is 12.3. The van der Waals surface area contributed by atoms with Gasteiger partial charge in [-0.05, 0) is 52.0 Å². The second kappa shape index (κ2) is 8.14. The van der Waals surface area contributed by atoms with Gasteiger partial charge >= 0.3 is 0 Å². The summed E-state index contributed by atoms with van der Waals surface area (Å²) in [5, 5.41) is 0. The highest BCUT2D eigenvalue weighted by Gasteiger charge is 2.24. The van der Waals surface area contributed by atoms with Gasteiger partial charge in [-0.3, -0.25) is 4.79 Å². The van der Waals surface area contributed by atoms with E-state index in [1.807, 2.05) is 20.8 Å². The van der Waals surface area contributed by atoms with E-state index in [1.54, 1.807) is 24.0 Å². The predicted molar refractivity (Wildman–Crippen MR) is 85.3 cm³/mol. The van der Waals surface area contributed by atoms with Gasteiger partial charge in [-0.1, -0.05) is 0 Å². The van der Waals surface area contributed by atoms with E-state index in [2.05, 4.69) is 4.72 Å². The average molecular weight is 328 g/mol. The van der Waals surface area contributed by atoms with Crippen molar-refractivity contribution in [1.29, 1.82) is 0 Å². The van der Waals surface area contributed by atoms with Crippen LogP contribution >= 0.6 is 0 Å². The summed E-state index contributed by atoms with van der Waals surface area (Å²) in [4.78, 5) is 13.8. The molecule has 1 atom stereocenters. The van der Waals surface area contributed by atoms with Crippen LogP contribution < -0.4 is 9.46 Å². The third-order valence-electron chi connectivity index (χ3n) is 3.22. The fraction of sp³-hybridized carbons (Fsp3) is 0.533. The first kappa shape index (κ1) is 18.4. The van der Waals surface area contributed by atoms with E-state index in [0.29, 0.717) is 25.4 Å². The smallest absolute Gasteiger partial charge is 0.241 e. The number of nitrogens with zero attached hydrogens (tertiary/aromatic N) is 1. The maximum atomic E-state index is 12.3. The van der Waals surface area contributed by atoms with E-state index >= 15 is 0 Å². The van der Waals surface area contributed by atoms with Crippen molar-refractivity contribution >= 4 is 15.9 Å². The van der Waals surface area contributed by atoms with Gasteiger partial charge in [0.1, 0.15) is 5.75 Å². The van der Waals surface area contributed by atoms with Crippen molar-refractivity contribution in [3.8, 4) is 5.75 Å². The van der Waals surface area contributed by atoms with Gasteiger partial charge in [-0.25, -0.2) is 8.42 Å². The summed E-state index contributed by atoms with van der Waals surface area (Å²) in [6.45, 7) is 8.72. The van der Waals surface area contributed by atoms with Crippen LogP contribution in [0.1, 0.15) is 27.7 Å². The molecular formula is C15H24N2O4S. The number of sulfonamides is 1. The predicted octanol–water partition coefficient (Wildman–Crippen LogP) is 1.62. The topological polar surface area (TPSA) is 75.7 Å². The monoisotopic (exact) mass is 328 g/mol. The Hall–Kier alpha value is -1.60. The molecule has 1 aromatic carbocycles. The summed E-state index contributed by atoms with van der Waals surface area (Å²) in [6, 6.07) is 5.30. The molecule has 0 unspecified atom stereocenters. The first-order chi connectivity index (χ1) is 10.4. The standard InChI is InChI=1S/C15H24N2O4S/c1-5-17(6-2)15(18)12(4)16-22(19,20)14-10-8-13(9-11-14)21-7-3/h8-12,16H,5-7H2,1-4H3/t12-/m1/s1. The summed E-state index contributed by atoms with van der Waals surface area (Å²) in [5.74, 6) is 0.369. The maximum Gasteiger partial charge on any atom is 0.241 e. The summed E-state index contributed by atoms with van der Waals surface area (Å²) in [6.07, 6.45) is 0. The second-order valence-corrected chi connectivity index (χ2v) is 6.47. The molecule has 7 heteroatoms. The molecule has 0 saturated heterocycles. The van der Waals surface area contributed by atoms with Crippen LogP contribution in [0.4, 0.5) is 0 Å². The quantitative estimate of drug-likeness (QED) is 0.787. The van der Waals surface area contributed by atoms with Crippen molar-refractivity contribution in [2.24, 2.45) is 0 Å². The third-order valence-corrected chi connectivity index (χ3v) is 4.78. The van der Waals surface area contributed by atoms with E-state index in [-0.39, 0.29) is 10.8 Å². The Kier molecular flexibility index (Phi) is 6.83. The molecule has 0 aliphatic carbocycles. The summed E-state index contributed by atoms with van der Waals surface area (Å²) < 4.78 is 32.3. The Bertz CT molecular complexity index is 580. The van der Waals surface area contributed by atoms with Crippen LogP contribution in [0.3, 0.4) is 0 Å². The van der Waals surface area contributed by atoms with Crippen LogP contribution in [0.15, 0.2) is 29.2 Å². The number of carbonyl (C=O) groups excluding carboxylic acids is 1. The number of ether oxygens (including phenoxy) is 1. The molecule has 1 aromatic rings. The van der Waals surface area contributed by atoms with E-state index in [4.69, 9.17) is 4.74 Å². The zero-order valence-electron chi connectivity index (χ0n) is 13.5. The molecule has 0 aromatic heterocycles. The van der Waals surface area contributed by atoms with Crippen molar-refractivity contribution in [1.82, 2.24) is 9.62 Å². The van der Waals surface area contributed by atoms with Crippen LogP contribution in [0.5, 0.6) is 5.75 Å². The molecule has 1 rings (SSSR count). The number of benzene rings is 1. The minimum absolute atomic E-state index is 0.107. The highest BCUT2D eigenvalue weighted by Crippen LogP contribution is 2.16. The normalized spacial score (nSPS) is 12.7. The zero-order valence-corrected chi connectivity index (χ0v) is 14.3. The number of nitrogens with one attached hydrogen (secondary N) is 1. The van der Waals surface area contributed by atoms with Crippen molar-refractivity contribution < 1.29 is 17.9 Å². The number of hydrogen-bond donors (Lipinski definition) is 1. The van der Waals surface area contributed by atoms with Gasteiger partial charge in [-0.2, -0.15) is 4.72 Å². The largest absolute Gasteiger partial charge is 0.494 e. The summed E-state index contributed by atoms with van der Waals surface area (Å²) in [5.41, 5.74) is 0. The molecule has 6 nitrogen and oxygen atoms in total. The molecule has 0 bridgehead atoms. The van der Waals surface area contributed by atoms with Crippen LogP contribution in [0, 0.1) is 0 Å². The highest BCUT2D eigenvalue weighted by molar-refractivity contribution is 7.89. The van der Waals surface area contributed by atoms with Gasteiger partial charge in [0, 0.05) is 13.1 Å². The first-order valence-electron chi connectivity index (χ1n) is 7.39. The lowest BCUT2D eigenvalue weighted by molar-refractivity contribution is -0.132. The number of hydrogen-bond acceptors (Lipinski definition) is 4. The van der Waals surface area contributed by atoms with Gasteiger partial charge < -0.3 is 9.64 Å². The van der Waals surface area contributed by atoms with E-state index < -0.39 is 16.1 Å². The Morgan fingerprint density at radius 1 is 1.18 bits per heavy atom. The van der Waals surface area contributed by atoms with Crippen LogP contribution in [0.25, 0.3) is 0 Å². The molecule has 0 fully saturated rings. The van der Waals surface area contributed by atoms with Crippen molar-refractivity contribution in [3.63, 3.8) is 0 Å². The Labute approximate surface area is 132 Å². The van der Waals surface area contributed by atoms with E-state index in [9.17, 15) is 13.2 Å². The Balaban J connectivity index is 2.84. The molecule has 0 saturated carbocycles. The van der Waals surface area contributed by atoms with E-state index in [1.165, 1.54) is 12.1 Å².